The first-order valence-corrected chi connectivity index (χ1v) is 8.56. The van der Waals surface area contributed by atoms with Crippen LogP contribution < -0.4 is 4.74 Å². The van der Waals surface area contributed by atoms with Gasteiger partial charge in [-0.2, -0.15) is 0 Å². The maximum absolute atomic E-state index is 13.0. The highest BCUT2D eigenvalue weighted by Gasteiger charge is 2.02. The Bertz CT molecular complexity index is 267. The third-order valence-electron chi connectivity index (χ3n) is 1.60. The summed E-state index contributed by atoms with van der Waals surface area (Å²) in [5, 5.41) is 0. The van der Waals surface area contributed by atoms with Gasteiger partial charge in [0, 0.05) is 0 Å². The van der Waals surface area contributed by atoms with Gasteiger partial charge in [0.2, 0.25) is 0 Å². The zero-order valence-electron chi connectivity index (χ0n) is 6.81. The summed E-state index contributed by atoms with van der Waals surface area (Å²) in [4.78, 5) is 0. The first-order chi connectivity index (χ1) is 5.77. The lowest BCUT2D eigenvalue weighted by Gasteiger charge is -2.03. The van der Waals surface area contributed by atoms with Gasteiger partial charge in [-0.05, 0) is 12.1 Å². The predicted molar refractivity (Wildman–Crippen MR) is 51.3 cm³/mol. The number of benzene rings is 1. The number of halogens is 2. The fraction of sp³-hybridized carbons (Fsp3) is 0.250. The molecule has 0 unspecified atom stereocenters. The SMILES string of the molecule is COc1ccc([CH2][Mg][Br])cc1F. The van der Waals surface area contributed by atoms with Crippen molar-refractivity contribution in [2.24, 2.45) is 0 Å². The van der Waals surface area contributed by atoms with Crippen LogP contribution in [0.2, 0.25) is 0 Å². The van der Waals surface area contributed by atoms with Crippen molar-refractivity contribution in [3.05, 3.63) is 29.6 Å². The standard InChI is InChI=1S/C8H8FO.BrH.Mg/c1-6-3-4-8(10-2)7(9)5-6;;/h3-5H,1H2,2H3;1H;/q;;+1/p-1. The first-order valence-electron chi connectivity index (χ1n) is 3.66. The van der Waals surface area contributed by atoms with Crippen LogP contribution in [-0.2, 0) is 4.55 Å². The van der Waals surface area contributed by atoms with Crippen molar-refractivity contribution in [1.82, 2.24) is 0 Å². The van der Waals surface area contributed by atoms with E-state index in [0.717, 1.165) is 10.1 Å². The minimum Gasteiger partial charge on any atom is -0.494 e. The van der Waals surface area contributed by atoms with Gasteiger partial charge >= 0.3 is 18.2 Å². The Hall–Kier alpha value is 0.196. The molecule has 0 aromatic heterocycles. The monoisotopic (exact) mass is 242 g/mol. The second-order valence-corrected chi connectivity index (χ2v) is 5.66. The minimum absolute atomic E-state index is 0.214. The Labute approximate surface area is 86.9 Å². The van der Waals surface area contributed by atoms with Crippen molar-refractivity contribution >= 4 is 31.1 Å². The number of rotatable bonds is 3. The van der Waals surface area contributed by atoms with Crippen LogP contribution in [0.15, 0.2) is 18.2 Å². The summed E-state index contributed by atoms with van der Waals surface area (Å²) in [6.45, 7) is 0. The molecule has 0 saturated carbocycles. The highest BCUT2D eigenvalue weighted by Crippen LogP contribution is 2.17. The van der Waals surface area contributed by atoms with E-state index in [1.807, 2.05) is 6.07 Å². The highest BCUT2D eigenvalue weighted by atomic mass is 79.9. The Morgan fingerprint density at radius 2 is 2.33 bits per heavy atom. The van der Waals surface area contributed by atoms with Crippen molar-refractivity contribution in [3.63, 3.8) is 0 Å². The highest BCUT2D eigenvalue weighted by molar-refractivity contribution is 9.23. The van der Waals surface area contributed by atoms with Gasteiger partial charge in [0.25, 0.3) is 0 Å². The van der Waals surface area contributed by atoms with E-state index in [1.165, 1.54) is 13.2 Å². The molecule has 0 saturated heterocycles. The quantitative estimate of drug-likeness (QED) is 0.741. The van der Waals surface area contributed by atoms with E-state index < -0.39 is 0 Å². The Kier molecular flexibility index (Phi) is 4.32. The van der Waals surface area contributed by atoms with Crippen LogP contribution in [0.4, 0.5) is 4.39 Å². The zero-order valence-corrected chi connectivity index (χ0v) is 9.81. The molecule has 0 N–H and O–H groups in total. The number of methoxy groups -OCH3 is 1. The van der Waals surface area contributed by atoms with E-state index in [1.54, 1.807) is 6.07 Å². The van der Waals surface area contributed by atoms with E-state index in [2.05, 4.69) is 12.9 Å². The molecule has 0 amide bonds. The number of hydrogen-bond donors (Lipinski definition) is 0. The molecule has 1 aromatic rings. The van der Waals surface area contributed by atoms with Crippen molar-refractivity contribution in [3.8, 4) is 5.75 Å². The normalized spacial score (nSPS) is 9.25. The lowest BCUT2D eigenvalue weighted by atomic mass is 10.2. The van der Waals surface area contributed by atoms with E-state index in [0.29, 0.717) is 5.75 Å². The Balaban J connectivity index is 2.86. The van der Waals surface area contributed by atoms with Gasteiger partial charge in [-0.25, -0.2) is 4.39 Å². The molecule has 0 aliphatic rings. The largest absolute Gasteiger partial charge is 0.494 e. The van der Waals surface area contributed by atoms with Crippen LogP contribution in [0.5, 0.6) is 5.75 Å². The third kappa shape index (κ3) is 2.60. The molecule has 12 heavy (non-hydrogen) atoms. The summed E-state index contributed by atoms with van der Waals surface area (Å²) >= 11 is 3.22. The molecule has 62 valence electrons. The van der Waals surface area contributed by atoms with Gasteiger partial charge in [0.05, 0.1) is 7.11 Å². The van der Waals surface area contributed by atoms with E-state index >= 15 is 0 Å². The molecule has 0 aliphatic heterocycles. The first kappa shape index (κ1) is 10.3. The van der Waals surface area contributed by atoms with Crippen LogP contribution in [-0.4, -0.2) is 25.3 Å². The smallest absolute Gasteiger partial charge is 0.473 e. The fourth-order valence-corrected chi connectivity index (χ4v) is 2.88. The molecule has 1 rings (SSSR count). The van der Waals surface area contributed by atoms with Gasteiger partial charge < -0.3 is 17.6 Å². The average molecular weight is 243 g/mol. The molecule has 1 aromatic carbocycles. The number of hydrogen-bond acceptors (Lipinski definition) is 1. The maximum atomic E-state index is 13.0. The lowest BCUT2D eigenvalue weighted by molar-refractivity contribution is 0.386. The molecule has 4 heteroatoms. The lowest BCUT2D eigenvalue weighted by Crippen LogP contribution is -1.92. The van der Waals surface area contributed by atoms with Gasteiger partial charge in [-0.3, -0.25) is 0 Å². The summed E-state index contributed by atoms with van der Waals surface area (Å²) in [6.07, 6.45) is 0. The van der Waals surface area contributed by atoms with Crippen molar-refractivity contribution in [1.29, 1.82) is 0 Å². The average Bonchev–Trinajstić information content (AvgIpc) is 2.05. The van der Waals surface area contributed by atoms with E-state index in [9.17, 15) is 4.39 Å². The Morgan fingerprint density at radius 3 is 2.83 bits per heavy atom. The van der Waals surface area contributed by atoms with Gasteiger partial charge in [0.1, 0.15) is 0 Å². The summed E-state index contributed by atoms with van der Waals surface area (Å²) in [5.41, 5.74) is 1.04. The van der Waals surface area contributed by atoms with Crippen LogP contribution >= 0.6 is 12.9 Å². The molecule has 0 bridgehead atoms. The second-order valence-electron chi connectivity index (χ2n) is 2.41. The molecule has 0 atom stereocenters. The van der Waals surface area contributed by atoms with Crippen LogP contribution in [0, 0.1) is 5.82 Å². The fourth-order valence-electron chi connectivity index (χ4n) is 0.975. The zero-order chi connectivity index (χ0) is 8.97. The third-order valence-corrected chi connectivity index (χ3v) is 3.56. The predicted octanol–water partition coefficient (Wildman–Crippen LogP) is 2.35. The van der Waals surface area contributed by atoms with Crippen LogP contribution in [0.1, 0.15) is 5.56 Å². The maximum Gasteiger partial charge on any atom is 0.473 e. The molecular weight excluding hydrogens is 235 g/mol. The van der Waals surface area contributed by atoms with Crippen LogP contribution in [0.25, 0.3) is 0 Å². The topological polar surface area (TPSA) is 9.23 Å². The van der Waals surface area contributed by atoms with Crippen molar-refractivity contribution in [2.45, 2.75) is 4.55 Å². The van der Waals surface area contributed by atoms with E-state index in [-0.39, 0.29) is 24.0 Å². The van der Waals surface area contributed by atoms with Crippen molar-refractivity contribution < 1.29 is 9.13 Å². The molecular formula is C8H8BrFMgO. The van der Waals surface area contributed by atoms with E-state index in [4.69, 9.17) is 4.74 Å². The molecule has 0 spiro atoms. The number of ether oxygens (including phenoxy) is 1. The van der Waals surface area contributed by atoms with Gasteiger partial charge in [0.15, 0.2) is 11.6 Å². The molecule has 0 aliphatic carbocycles. The van der Waals surface area contributed by atoms with Crippen LogP contribution in [0.3, 0.4) is 0 Å². The molecule has 1 nitrogen and oxygen atoms in total. The van der Waals surface area contributed by atoms with Gasteiger partial charge in [-0.15, -0.1) is 4.55 Å². The molecule has 0 fully saturated rings. The summed E-state index contributed by atoms with van der Waals surface area (Å²) in [6, 6.07) is 5.10. The summed E-state index contributed by atoms with van der Waals surface area (Å²) in [5.74, 6) is 0.0416. The van der Waals surface area contributed by atoms with Gasteiger partial charge in [-0.1, -0.05) is 11.6 Å². The second kappa shape index (κ2) is 5.04. The van der Waals surface area contributed by atoms with Crippen molar-refractivity contribution in [2.75, 3.05) is 7.11 Å². The summed E-state index contributed by atoms with van der Waals surface area (Å²) < 4.78 is 18.8. The molecule has 0 heterocycles. The Morgan fingerprint density at radius 1 is 1.58 bits per heavy atom. The summed E-state index contributed by atoms with van der Waals surface area (Å²) in [7, 11) is 1.47. The molecule has 0 radical (unpaired) electrons. The minimum atomic E-state index is -0.273.